The number of anilines is 1. The molecule has 0 atom stereocenters. The van der Waals surface area contributed by atoms with E-state index in [2.05, 4.69) is 15.6 Å². The maximum absolute atomic E-state index is 13.1. The standard InChI is InChI=1S/C25H20F6N4O3/c1-32-22(36)21-12-20(4-6-33-21)38-19-3-2-14-5-7-35(13-15(14)8-19)23(37)34-18-10-16(24(26,27)28)9-17(11-18)25(29,30)31/h2-4,6,8-12H,5,7,13H2,1H3,(H,32,36)(H,34,37). The molecule has 1 aliphatic heterocycles. The van der Waals surface area contributed by atoms with Gasteiger partial charge in [-0.25, -0.2) is 4.79 Å². The number of carbonyl (C=O) groups is 2. The Bertz CT molecular complexity index is 1340. The van der Waals surface area contributed by atoms with Crippen molar-refractivity contribution in [3.05, 3.63) is 82.7 Å². The van der Waals surface area contributed by atoms with Crippen LogP contribution in [0, 0.1) is 0 Å². The van der Waals surface area contributed by atoms with Gasteiger partial charge in [0.05, 0.1) is 11.1 Å². The molecule has 0 spiro atoms. The Kier molecular flexibility index (Phi) is 7.20. The van der Waals surface area contributed by atoms with Crippen LogP contribution in [-0.2, 0) is 25.3 Å². The van der Waals surface area contributed by atoms with Gasteiger partial charge in [0.2, 0.25) is 0 Å². The molecule has 0 saturated heterocycles. The van der Waals surface area contributed by atoms with Gasteiger partial charge < -0.3 is 20.3 Å². The lowest BCUT2D eigenvalue weighted by atomic mass is 9.99. The highest BCUT2D eigenvalue weighted by atomic mass is 19.4. The van der Waals surface area contributed by atoms with Gasteiger partial charge in [0.15, 0.2) is 0 Å². The van der Waals surface area contributed by atoms with Gasteiger partial charge in [-0.15, -0.1) is 0 Å². The Morgan fingerprint density at radius 1 is 0.895 bits per heavy atom. The van der Waals surface area contributed by atoms with E-state index in [1.807, 2.05) is 0 Å². The van der Waals surface area contributed by atoms with Crippen molar-refractivity contribution >= 4 is 17.6 Å². The number of hydrogen-bond acceptors (Lipinski definition) is 4. The van der Waals surface area contributed by atoms with Crippen LogP contribution in [-0.4, -0.2) is 35.4 Å². The minimum absolute atomic E-state index is 0.00521. The van der Waals surface area contributed by atoms with Crippen LogP contribution in [0.2, 0.25) is 0 Å². The van der Waals surface area contributed by atoms with Crippen LogP contribution in [0.25, 0.3) is 0 Å². The number of carbonyl (C=O) groups excluding carboxylic acids is 2. The molecule has 0 radical (unpaired) electrons. The Labute approximate surface area is 212 Å². The number of benzene rings is 2. The first kappa shape index (κ1) is 26.8. The summed E-state index contributed by atoms with van der Waals surface area (Å²) in [5.74, 6) is 0.340. The van der Waals surface area contributed by atoms with Crippen molar-refractivity contribution in [1.29, 1.82) is 0 Å². The molecular formula is C25H20F6N4O3. The van der Waals surface area contributed by atoms with Crippen molar-refractivity contribution in [2.45, 2.75) is 25.3 Å². The third-order valence-corrected chi connectivity index (χ3v) is 5.74. The summed E-state index contributed by atoms with van der Waals surface area (Å²) in [5, 5.41) is 4.61. The van der Waals surface area contributed by atoms with Gasteiger partial charge in [-0.2, -0.15) is 26.3 Å². The minimum atomic E-state index is -5.03. The van der Waals surface area contributed by atoms with Crippen molar-refractivity contribution in [1.82, 2.24) is 15.2 Å². The van der Waals surface area contributed by atoms with E-state index in [1.54, 1.807) is 24.3 Å². The first-order valence-electron chi connectivity index (χ1n) is 11.2. The van der Waals surface area contributed by atoms with E-state index in [9.17, 15) is 35.9 Å². The molecule has 1 aliphatic rings. The van der Waals surface area contributed by atoms with Crippen molar-refractivity contribution in [2.75, 3.05) is 18.9 Å². The van der Waals surface area contributed by atoms with Crippen LogP contribution in [0.5, 0.6) is 11.5 Å². The normalized spacial score (nSPS) is 13.5. The van der Waals surface area contributed by atoms with E-state index in [1.165, 1.54) is 24.2 Å². The number of nitrogens with zero attached hydrogens (tertiary/aromatic N) is 2. The number of hydrogen-bond donors (Lipinski definition) is 2. The van der Waals surface area contributed by atoms with Gasteiger partial charge in [0.1, 0.15) is 17.2 Å². The molecule has 1 aromatic heterocycles. The van der Waals surface area contributed by atoms with E-state index >= 15 is 0 Å². The number of urea groups is 1. The smallest absolute Gasteiger partial charge is 0.416 e. The molecule has 4 rings (SSSR count). The monoisotopic (exact) mass is 538 g/mol. The third kappa shape index (κ3) is 6.15. The molecule has 3 aromatic rings. The predicted molar refractivity (Wildman–Crippen MR) is 124 cm³/mol. The number of alkyl halides is 6. The van der Waals surface area contributed by atoms with E-state index in [0.29, 0.717) is 35.6 Å². The number of fused-ring (bicyclic) bond motifs is 1. The lowest BCUT2D eigenvalue weighted by Crippen LogP contribution is -2.39. The summed E-state index contributed by atoms with van der Waals surface area (Å²) in [6.45, 7) is 0.243. The van der Waals surface area contributed by atoms with Crippen molar-refractivity contribution in [2.24, 2.45) is 0 Å². The molecule has 2 N–H and O–H groups in total. The Morgan fingerprint density at radius 2 is 1.55 bits per heavy atom. The molecular weight excluding hydrogens is 518 g/mol. The van der Waals surface area contributed by atoms with Crippen LogP contribution in [0.3, 0.4) is 0 Å². The molecule has 7 nitrogen and oxygen atoms in total. The van der Waals surface area contributed by atoms with Crippen LogP contribution in [0.15, 0.2) is 54.7 Å². The number of halogens is 6. The molecule has 0 aliphatic carbocycles. The summed E-state index contributed by atoms with van der Waals surface area (Å²) in [6, 6.07) is 8.23. The second-order valence-corrected chi connectivity index (χ2v) is 8.38. The van der Waals surface area contributed by atoms with E-state index in [-0.39, 0.29) is 24.8 Å². The zero-order chi connectivity index (χ0) is 27.7. The summed E-state index contributed by atoms with van der Waals surface area (Å²) < 4.78 is 84.7. The summed E-state index contributed by atoms with van der Waals surface area (Å²) in [5.41, 5.74) is -1.93. The second-order valence-electron chi connectivity index (χ2n) is 8.38. The number of aromatic nitrogens is 1. The Hall–Kier alpha value is -4.29. The fraction of sp³-hybridized carbons (Fsp3) is 0.240. The van der Waals surface area contributed by atoms with Gasteiger partial charge in [-0.1, -0.05) is 6.07 Å². The number of amides is 3. The zero-order valence-electron chi connectivity index (χ0n) is 19.7. The molecule has 38 heavy (non-hydrogen) atoms. The molecule has 13 heteroatoms. The van der Waals surface area contributed by atoms with E-state index < -0.39 is 41.1 Å². The molecule has 2 heterocycles. The highest BCUT2D eigenvalue weighted by molar-refractivity contribution is 5.92. The SMILES string of the molecule is CNC(=O)c1cc(Oc2ccc3c(c2)CN(C(=O)Nc2cc(C(F)(F)F)cc(C(F)(F)F)c2)CC3)ccn1. The molecule has 0 unspecified atom stereocenters. The summed E-state index contributed by atoms with van der Waals surface area (Å²) in [4.78, 5) is 29.8. The van der Waals surface area contributed by atoms with Crippen LogP contribution < -0.4 is 15.4 Å². The highest BCUT2D eigenvalue weighted by Gasteiger charge is 2.37. The lowest BCUT2D eigenvalue weighted by Gasteiger charge is -2.29. The summed E-state index contributed by atoms with van der Waals surface area (Å²) >= 11 is 0. The number of nitrogens with one attached hydrogen (secondary N) is 2. The average Bonchev–Trinajstić information content (AvgIpc) is 2.86. The van der Waals surface area contributed by atoms with Crippen molar-refractivity contribution in [3.8, 4) is 11.5 Å². The van der Waals surface area contributed by atoms with Crippen molar-refractivity contribution < 1.29 is 40.7 Å². The van der Waals surface area contributed by atoms with Crippen LogP contribution >= 0.6 is 0 Å². The molecule has 2 aromatic carbocycles. The van der Waals surface area contributed by atoms with Crippen molar-refractivity contribution in [3.63, 3.8) is 0 Å². The van der Waals surface area contributed by atoms with Gasteiger partial charge >= 0.3 is 18.4 Å². The fourth-order valence-electron chi connectivity index (χ4n) is 3.86. The Morgan fingerprint density at radius 3 is 2.18 bits per heavy atom. The maximum Gasteiger partial charge on any atom is 0.416 e. The second kappa shape index (κ2) is 10.2. The van der Waals surface area contributed by atoms with E-state index in [0.717, 1.165) is 5.56 Å². The first-order valence-corrected chi connectivity index (χ1v) is 11.2. The average molecular weight is 538 g/mol. The first-order chi connectivity index (χ1) is 17.8. The van der Waals surface area contributed by atoms with Gasteiger partial charge in [-0.05, 0) is 53.9 Å². The van der Waals surface area contributed by atoms with Crippen LogP contribution in [0.4, 0.5) is 36.8 Å². The Balaban J connectivity index is 1.51. The van der Waals surface area contributed by atoms with E-state index in [4.69, 9.17) is 4.74 Å². The quantitative estimate of drug-likeness (QED) is 0.408. The fourth-order valence-corrected chi connectivity index (χ4v) is 3.86. The topological polar surface area (TPSA) is 83.6 Å². The molecule has 0 saturated carbocycles. The maximum atomic E-state index is 13.1. The summed E-state index contributed by atoms with van der Waals surface area (Å²) in [6.07, 6.45) is -8.24. The van der Waals surface area contributed by atoms with Gasteiger partial charge in [-0.3, -0.25) is 9.78 Å². The molecule has 3 amide bonds. The number of ether oxygens (including phenoxy) is 1. The third-order valence-electron chi connectivity index (χ3n) is 5.74. The van der Waals surface area contributed by atoms with Gasteiger partial charge in [0.25, 0.3) is 5.91 Å². The summed E-state index contributed by atoms with van der Waals surface area (Å²) in [7, 11) is 1.46. The number of rotatable bonds is 4. The minimum Gasteiger partial charge on any atom is -0.457 e. The molecule has 0 fully saturated rings. The largest absolute Gasteiger partial charge is 0.457 e. The predicted octanol–water partition coefficient (Wildman–Crippen LogP) is 5.86. The van der Waals surface area contributed by atoms with Gasteiger partial charge in [0, 0.05) is 38.1 Å². The number of pyridine rings is 1. The van der Waals surface area contributed by atoms with Crippen LogP contribution in [0.1, 0.15) is 32.7 Å². The lowest BCUT2D eigenvalue weighted by molar-refractivity contribution is -0.143. The zero-order valence-corrected chi connectivity index (χ0v) is 19.7. The molecule has 200 valence electrons. The molecule has 0 bridgehead atoms. The highest BCUT2D eigenvalue weighted by Crippen LogP contribution is 2.38.